The largest absolute Gasteiger partial charge is 0.416 e. The number of piperidine rings is 1. The first kappa shape index (κ1) is 15.1. The minimum absolute atomic E-state index is 0.00434. The van der Waals surface area contributed by atoms with E-state index in [0.717, 1.165) is 18.9 Å². The molecule has 0 bridgehead atoms. The van der Waals surface area contributed by atoms with Crippen LogP contribution in [0.2, 0.25) is 0 Å². The molecule has 20 heavy (non-hydrogen) atoms. The van der Waals surface area contributed by atoms with Gasteiger partial charge in [0.15, 0.2) is 0 Å². The van der Waals surface area contributed by atoms with Crippen molar-refractivity contribution in [3.8, 4) is 0 Å². The van der Waals surface area contributed by atoms with Crippen LogP contribution in [0.5, 0.6) is 0 Å². The Kier molecular flexibility index (Phi) is 4.22. The fourth-order valence-corrected chi connectivity index (χ4v) is 2.60. The molecule has 2 unspecified atom stereocenters. The summed E-state index contributed by atoms with van der Waals surface area (Å²) in [4.78, 5) is 1.78. The number of nitrogens with zero attached hydrogens (tertiary/aromatic N) is 1. The van der Waals surface area contributed by atoms with Gasteiger partial charge in [0.1, 0.15) is 5.82 Å². The Morgan fingerprint density at radius 1 is 1.35 bits per heavy atom. The number of hydrogen-bond donors (Lipinski definition) is 1. The highest BCUT2D eigenvalue weighted by atomic mass is 19.4. The molecule has 0 radical (unpaired) electrons. The van der Waals surface area contributed by atoms with Crippen molar-refractivity contribution in [1.29, 1.82) is 0 Å². The van der Waals surface area contributed by atoms with Crippen LogP contribution in [0, 0.1) is 11.7 Å². The van der Waals surface area contributed by atoms with Crippen LogP contribution in [-0.2, 0) is 6.18 Å². The fraction of sp³-hybridized carbons (Fsp3) is 0.571. The van der Waals surface area contributed by atoms with Gasteiger partial charge in [-0.2, -0.15) is 13.2 Å². The number of anilines is 1. The number of benzene rings is 1. The predicted octanol–water partition coefficient (Wildman–Crippen LogP) is 3.41. The van der Waals surface area contributed by atoms with Crippen molar-refractivity contribution < 1.29 is 17.6 Å². The Bertz CT molecular complexity index is 471. The topological polar surface area (TPSA) is 29.3 Å². The monoisotopic (exact) mass is 290 g/mol. The summed E-state index contributed by atoms with van der Waals surface area (Å²) in [6.07, 6.45) is -2.68. The molecule has 1 aromatic carbocycles. The lowest BCUT2D eigenvalue weighted by Crippen LogP contribution is -2.42. The van der Waals surface area contributed by atoms with Crippen LogP contribution in [0.25, 0.3) is 0 Å². The quantitative estimate of drug-likeness (QED) is 0.846. The predicted molar refractivity (Wildman–Crippen MR) is 70.0 cm³/mol. The molecule has 0 aromatic heterocycles. The molecule has 0 spiro atoms. The highest BCUT2D eigenvalue weighted by molar-refractivity contribution is 5.50. The molecule has 0 aliphatic carbocycles. The van der Waals surface area contributed by atoms with Crippen LogP contribution < -0.4 is 10.6 Å². The van der Waals surface area contributed by atoms with Gasteiger partial charge in [0.2, 0.25) is 0 Å². The van der Waals surface area contributed by atoms with Crippen molar-refractivity contribution in [1.82, 2.24) is 0 Å². The van der Waals surface area contributed by atoms with Gasteiger partial charge in [-0.3, -0.25) is 0 Å². The van der Waals surface area contributed by atoms with E-state index in [-0.39, 0.29) is 17.6 Å². The van der Waals surface area contributed by atoms with Crippen molar-refractivity contribution in [2.75, 3.05) is 18.0 Å². The minimum Gasteiger partial charge on any atom is -0.369 e. The van der Waals surface area contributed by atoms with Gasteiger partial charge in [0.05, 0.1) is 11.3 Å². The van der Waals surface area contributed by atoms with E-state index in [9.17, 15) is 17.6 Å². The van der Waals surface area contributed by atoms with Crippen LogP contribution in [0.3, 0.4) is 0 Å². The van der Waals surface area contributed by atoms with Crippen LogP contribution in [-0.4, -0.2) is 19.1 Å². The summed E-state index contributed by atoms with van der Waals surface area (Å²) in [7, 11) is 0. The van der Waals surface area contributed by atoms with Crippen molar-refractivity contribution in [2.24, 2.45) is 11.7 Å². The summed E-state index contributed by atoms with van der Waals surface area (Å²) < 4.78 is 51.5. The van der Waals surface area contributed by atoms with Crippen molar-refractivity contribution >= 4 is 5.69 Å². The highest BCUT2D eigenvalue weighted by Gasteiger charge is 2.32. The molecule has 2 N–H and O–H groups in total. The zero-order valence-corrected chi connectivity index (χ0v) is 11.3. The Labute approximate surface area is 115 Å². The Hall–Kier alpha value is -1.30. The third-order valence-electron chi connectivity index (χ3n) is 3.82. The van der Waals surface area contributed by atoms with Crippen molar-refractivity contribution in [3.05, 3.63) is 29.6 Å². The van der Waals surface area contributed by atoms with Crippen LogP contribution in [0.4, 0.5) is 23.2 Å². The molecule has 0 amide bonds. The Balaban J connectivity index is 2.21. The molecular formula is C14H18F4N2. The summed E-state index contributed by atoms with van der Waals surface area (Å²) in [6.45, 7) is 3.13. The third kappa shape index (κ3) is 3.23. The molecule has 2 atom stereocenters. The molecule has 1 fully saturated rings. The molecule has 2 nitrogen and oxygen atoms in total. The van der Waals surface area contributed by atoms with Gasteiger partial charge in [-0.15, -0.1) is 0 Å². The Morgan fingerprint density at radius 2 is 2.05 bits per heavy atom. The van der Waals surface area contributed by atoms with Crippen LogP contribution in [0.15, 0.2) is 18.2 Å². The lowest BCUT2D eigenvalue weighted by molar-refractivity contribution is -0.137. The highest BCUT2D eigenvalue weighted by Crippen LogP contribution is 2.33. The molecule has 0 saturated carbocycles. The van der Waals surface area contributed by atoms with Crippen LogP contribution >= 0.6 is 0 Å². The third-order valence-corrected chi connectivity index (χ3v) is 3.82. The second kappa shape index (κ2) is 5.60. The Morgan fingerprint density at radius 3 is 2.60 bits per heavy atom. The second-order valence-corrected chi connectivity index (χ2v) is 5.37. The average Bonchev–Trinajstić information content (AvgIpc) is 2.37. The number of rotatable bonds is 2. The summed E-state index contributed by atoms with van der Waals surface area (Å²) in [6, 6.07) is 2.69. The van der Waals surface area contributed by atoms with E-state index in [2.05, 4.69) is 0 Å². The lowest BCUT2D eigenvalue weighted by atomic mass is 9.92. The first-order valence-electron chi connectivity index (χ1n) is 6.66. The van der Waals surface area contributed by atoms with Gasteiger partial charge >= 0.3 is 6.18 Å². The van der Waals surface area contributed by atoms with Crippen molar-refractivity contribution in [3.63, 3.8) is 0 Å². The van der Waals surface area contributed by atoms with E-state index in [1.54, 1.807) is 4.90 Å². The number of hydrogen-bond acceptors (Lipinski definition) is 2. The van der Waals surface area contributed by atoms with Gasteiger partial charge in [-0.1, -0.05) is 0 Å². The minimum atomic E-state index is -4.52. The van der Waals surface area contributed by atoms with E-state index in [1.165, 1.54) is 6.07 Å². The lowest BCUT2D eigenvalue weighted by Gasteiger charge is -2.36. The van der Waals surface area contributed by atoms with E-state index in [0.29, 0.717) is 19.2 Å². The zero-order valence-electron chi connectivity index (χ0n) is 11.3. The summed E-state index contributed by atoms with van der Waals surface area (Å²) in [5.74, 6) is -0.587. The molecule has 1 aliphatic heterocycles. The first-order valence-corrected chi connectivity index (χ1v) is 6.66. The average molecular weight is 290 g/mol. The van der Waals surface area contributed by atoms with Gasteiger partial charge in [0.25, 0.3) is 0 Å². The maximum atomic E-state index is 13.9. The molecule has 2 rings (SSSR count). The number of nitrogens with two attached hydrogens (primary N) is 1. The maximum Gasteiger partial charge on any atom is 0.416 e. The van der Waals surface area contributed by atoms with Gasteiger partial charge in [-0.25, -0.2) is 4.39 Å². The summed E-state index contributed by atoms with van der Waals surface area (Å²) in [5, 5.41) is 0. The van der Waals surface area contributed by atoms with E-state index < -0.39 is 17.6 Å². The molecule has 1 aromatic rings. The molecular weight excluding hydrogens is 272 g/mol. The smallest absolute Gasteiger partial charge is 0.369 e. The van der Waals surface area contributed by atoms with E-state index in [1.807, 2.05) is 6.92 Å². The number of alkyl halides is 3. The van der Waals surface area contributed by atoms with Crippen LogP contribution in [0.1, 0.15) is 25.3 Å². The normalized spacial score (nSPS) is 21.9. The fourth-order valence-electron chi connectivity index (χ4n) is 2.60. The second-order valence-electron chi connectivity index (χ2n) is 5.37. The molecule has 6 heteroatoms. The molecule has 1 saturated heterocycles. The molecule has 112 valence electrons. The SMILES string of the molecule is CC(N)C1CCCN(c2ccc(C(F)(F)F)cc2F)C1. The maximum absolute atomic E-state index is 13.9. The van der Waals surface area contributed by atoms with E-state index in [4.69, 9.17) is 5.73 Å². The summed E-state index contributed by atoms with van der Waals surface area (Å²) >= 11 is 0. The van der Waals surface area contributed by atoms with Gasteiger partial charge in [-0.05, 0) is 43.9 Å². The van der Waals surface area contributed by atoms with Gasteiger partial charge in [0, 0.05) is 19.1 Å². The van der Waals surface area contributed by atoms with E-state index >= 15 is 0 Å². The van der Waals surface area contributed by atoms with Gasteiger partial charge < -0.3 is 10.6 Å². The number of halogens is 4. The molecule has 1 aliphatic rings. The standard InChI is InChI=1S/C14H18F4N2/c1-9(19)10-3-2-6-20(8-10)13-5-4-11(7-12(13)15)14(16,17)18/h4-5,7,9-10H,2-3,6,8,19H2,1H3. The summed E-state index contributed by atoms with van der Waals surface area (Å²) in [5.41, 5.74) is 5.12. The molecule has 1 heterocycles. The van der Waals surface area contributed by atoms with Crippen molar-refractivity contribution in [2.45, 2.75) is 32.0 Å². The first-order chi connectivity index (χ1) is 9.29. The zero-order chi connectivity index (χ0) is 14.9.